The molecule has 0 amide bonds. The first-order valence-electron chi connectivity index (χ1n) is 9.02. The van der Waals surface area contributed by atoms with Crippen LogP contribution in [0.5, 0.6) is 0 Å². The van der Waals surface area contributed by atoms with Crippen LogP contribution in [-0.4, -0.2) is 20.1 Å². The molecule has 0 aromatic rings. The van der Waals surface area contributed by atoms with Crippen molar-refractivity contribution in [1.29, 1.82) is 0 Å². The molecule has 1 unspecified atom stereocenters. The Labute approximate surface area is 135 Å². The summed E-state index contributed by atoms with van der Waals surface area (Å²) >= 11 is 0. The zero-order valence-corrected chi connectivity index (χ0v) is 15.4. The van der Waals surface area contributed by atoms with Crippen molar-refractivity contribution < 1.29 is 17.3 Å². The summed E-state index contributed by atoms with van der Waals surface area (Å²) in [5, 5.41) is 0. The van der Waals surface area contributed by atoms with Crippen LogP contribution in [0.15, 0.2) is 0 Å². The zero-order chi connectivity index (χ0) is 14.3. The van der Waals surface area contributed by atoms with Crippen LogP contribution in [-0.2, 0) is 0 Å². The van der Waals surface area contributed by atoms with Gasteiger partial charge in [0.2, 0.25) is 0 Å². The lowest BCUT2D eigenvalue weighted by molar-refractivity contribution is -0.886. The van der Waals surface area contributed by atoms with Crippen molar-refractivity contribution in [3.05, 3.63) is 0 Å². The lowest BCUT2D eigenvalue weighted by atomic mass is 10.0. The van der Waals surface area contributed by atoms with Gasteiger partial charge in [0, 0.05) is 0 Å². The molecule has 0 saturated heterocycles. The van der Waals surface area contributed by atoms with Crippen molar-refractivity contribution in [2.45, 2.75) is 103 Å². The largest absolute Gasteiger partial charge is 1.00 e. The average molecular weight is 306 g/mol. The molecule has 124 valence electrons. The van der Waals surface area contributed by atoms with E-state index in [0.717, 1.165) is 6.04 Å². The molecule has 0 radical (unpaired) electrons. The second-order valence-electron chi connectivity index (χ2n) is 6.53. The monoisotopic (exact) mass is 305 g/mol. The van der Waals surface area contributed by atoms with E-state index in [1.54, 1.807) is 4.90 Å². The van der Waals surface area contributed by atoms with Crippen LogP contribution in [0.25, 0.3) is 0 Å². The van der Waals surface area contributed by atoms with E-state index < -0.39 is 0 Å². The Morgan fingerprint density at radius 3 is 1.45 bits per heavy atom. The Morgan fingerprint density at radius 2 is 1.00 bits per heavy atom. The molecule has 0 rings (SSSR count). The van der Waals surface area contributed by atoms with E-state index in [0.29, 0.717) is 0 Å². The van der Waals surface area contributed by atoms with Crippen molar-refractivity contribution in [3.8, 4) is 0 Å². The standard InChI is InChI=1S/C18H39N.ClH/c1-5-7-9-10-11-12-13-14-15-17-18(19(3)4)16-8-6-2;/h18H,5-17H2,1-4H3;1H. The van der Waals surface area contributed by atoms with E-state index in [-0.39, 0.29) is 12.4 Å². The van der Waals surface area contributed by atoms with Crippen LogP contribution in [0, 0.1) is 0 Å². The number of halogens is 1. The van der Waals surface area contributed by atoms with Crippen LogP contribution in [0.1, 0.15) is 97.3 Å². The number of nitrogens with one attached hydrogen (secondary N) is 1. The number of hydrogen-bond donors (Lipinski definition) is 1. The van der Waals surface area contributed by atoms with Gasteiger partial charge in [0.05, 0.1) is 20.1 Å². The van der Waals surface area contributed by atoms with Crippen molar-refractivity contribution in [1.82, 2.24) is 0 Å². The van der Waals surface area contributed by atoms with E-state index in [4.69, 9.17) is 0 Å². The van der Waals surface area contributed by atoms with E-state index >= 15 is 0 Å². The Bertz CT molecular complexity index is 171. The van der Waals surface area contributed by atoms with Gasteiger partial charge in [0.1, 0.15) is 0 Å². The second-order valence-corrected chi connectivity index (χ2v) is 6.53. The molecule has 0 aliphatic rings. The summed E-state index contributed by atoms with van der Waals surface area (Å²) in [5.41, 5.74) is 0. The van der Waals surface area contributed by atoms with Crippen LogP contribution < -0.4 is 17.3 Å². The Balaban J connectivity index is 0. The molecule has 0 aromatic carbocycles. The van der Waals surface area contributed by atoms with Crippen LogP contribution in [0.2, 0.25) is 0 Å². The number of rotatable bonds is 14. The van der Waals surface area contributed by atoms with Crippen LogP contribution in [0.3, 0.4) is 0 Å². The summed E-state index contributed by atoms with van der Waals surface area (Å²) in [7, 11) is 4.65. The summed E-state index contributed by atoms with van der Waals surface area (Å²) in [4.78, 5) is 1.66. The van der Waals surface area contributed by atoms with Gasteiger partial charge in [-0.25, -0.2) is 0 Å². The third-order valence-electron chi connectivity index (χ3n) is 4.38. The summed E-state index contributed by atoms with van der Waals surface area (Å²) in [6.45, 7) is 4.60. The third-order valence-corrected chi connectivity index (χ3v) is 4.38. The molecule has 0 heterocycles. The highest BCUT2D eigenvalue weighted by atomic mass is 35.5. The van der Waals surface area contributed by atoms with Crippen molar-refractivity contribution >= 4 is 0 Å². The average Bonchev–Trinajstić information content (AvgIpc) is 2.39. The Hall–Kier alpha value is 0.250. The van der Waals surface area contributed by atoms with Crippen LogP contribution in [0.4, 0.5) is 0 Å². The molecule has 0 aliphatic heterocycles. The molecular weight excluding hydrogens is 266 g/mol. The molecule has 0 aliphatic carbocycles. The molecular formula is C18H40ClN. The third kappa shape index (κ3) is 14.7. The fraction of sp³-hybridized carbons (Fsp3) is 1.00. The lowest BCUT2D eigenvalue weighted by Crippen LogP contribution is -3.10. The Morgan fingerprint density at radius 1 is 0.600 bits per heavy atom. The fourth-order valence-corrected chi connectivity index (χ4v) is 2.87. The van der Waals surface area contributed by atoms with Crippen molar-refractivity contribution in [2.24, 2.45) is 0 Å². The predicted octanol–water partition coefficient (Wildman–Crippen LogP) is 1.61. The molecule has 0 bridgehead atoms. The van der Waals surface area contributed by atoms with Gasteiger partial charge in [-0.2, -0.15) is 0 Å². The van der Waals surface area contributed by atoms with E-state index in [2.05, 4.69) is 27.9 Å². The molecule has 0 aromatic heterocycles. The van der Waals surface area contributed by atoms with Crippen molar-refractivity contribution in [2.75, 3.05) is 14.1 Å². The van der Waals surface area contributed by atoms with Crippen molar-refractivity contribution in [3.63, 3.8) is 0 Å². The van der Waals surface area contributed by atoms with E-state index in [1.807, 2.05) is 0 Å². The quantitative estimate of drug-likeness (QED) is 0.465. The minimum atomic E-state index is 0. The maximum absolute atomic E-state index is 2.33. The molecule has 20 heavy (non-hydrogen) atoms. The summed E-state index contributed by atoms with van der Waals surface area (Å²) in [5.74, 6) is 0. The SMILES string of the molecule is CCCCCCCCCCCC(CCCC)[NH+](C)C.[Cl-]. The minimum Gasteiger partial charge on any atom is -1.00 e. The number of quaternary nitrogens is 1. The van der Waals surface area contributed by atoms with E-state index in [1.165, 1.54) is 83.5 Å². The van der Waals surface area contributed by atoms with Gasteiger partial charge < -0.3 is 17.3 Å². The number of hydrogen-bond acceptors (Lipinski definition) is 0. The molecule has 1 atom stereocenters. The molecule has 0 saturated carbocycles. The Kier molecular flexibility index (Phi) is 19.5. The molecule has 0 fully saturated rings. The minimum absolute atomic E-state index is 0. The highest BCUT2D eigenvalue weighted by molar-refractivity contribution is 4.57. The van der Waals surface area contributed by atoms with Gasteiger partial charge in [-0.05, 0) is 25.7 Å². The lowest BCUT2D eigenvalue weighted by Gasteiger charge is -2.21. The predicted molar refractivity (Wildman–Crippen MR) is 88.0 cm³/mol. The summed E-state index contributed by atoms with van der Waals surface area (Å²) < 4.78 is 0. The summed E-state index contributed by atoms with van der Waals surface area (Å²) in [6.07, 6.45) is 18.7. The van der Waals surface area contributed by atoms with Gasteiger partial charge >= 0.3 is 0 Å². The summed E-state index contributed by atoms with van der Waals surface area (Å²) in [6, 6.07) is 0.907. The van der Waals surface area contributed by atoms with Gasteiger partial charge in [-0.15, -0.1) is 0 Å². The maximum Gasteiger partial charge on any atom is 0.0870 e. The highest BCUT2D eigenvalue weighted by Gasteiger charge is 2.13. The maximum atomic E-state index is 2.33. The molecule has 1 N–H and O–H groups in total. The number of unbranched alkanes of at least 4 members (excludes halogenated alkanes) is 9. The molecule has 2 heteroatoms. The van der Waals surface area contributed by atoms with Crippen LogP contribution >= 0.6 is 0 Å². The van der Waals surface area contributed by atoms with Gasteiger partial charge in [-0.1, -0.05) is 71.6 Å². The van der Waals surface area contributed by atoms with E-state index in [9.17, 15) is 0 Å². The normalized spacial score (nSPS) is 12.4. The smallest absolute Gasteiger partial charge is 0.0870 e. The molecule has 0 spiro atoms. The first-order valence-corrected chi connectivity index (χ1v) is 9.02. The topological polar surface area (TPSA) is 4.44 Å². The first-order chi connectivity index (χ1) is 9.22. The van der Waals surface area contributed by atoms with Gasteiger partial charge in [0.25, 0.3) is 0 Å². The van der Waals surface area contributed by atoms with Gasteiger partial charge in [-0.3, -0.25) is 0 Å². The fourth-order valence-electron chi connectivity index (χ4n) is 2.87. The first kappa shape index (κ1) is 22.5. The molecule has 1 nitrogen and oxygen atoms in total. The second kappa shape index (κ2) is 17.3. The highest BCUT2D eigenvalue weighted by Crippen LogP contribution is 2.12. The zero-order valence-electron chi connectivity index (χ0n) is 14.6. The van der Waals surface area contributed by atoms with Gasteiger partial charge in [0.15, 0.2) is 0 Å².